The number of rotatable bonds is 7. The number of hydrogen-bond acceptors (Lipinski definition) is 2. The number of benzene rings is 4. The Morgan fingerprint density at radius 3 is 2.30 bits per heavy atom. The second-order valence-electron chi connectivity index (χ2n) is 8.00. The van der Waals surface area contributed by atoms with Gasteiger partial charge in [0.05, 0.1) is 5.56 Å². The van der Waals surface area contributed by atoms with E-state index >= 15 is 0 Å². The Morgan fingerprint density at radius 2 is 1.55 bits per heavy atom. The summed E-state index contributed by atoms with van der Waals surface area (Å²) < 4.78 is 7.21. The lowest BCUT2D eigenvalue weighted by Gasteiger charge is -2.12. The lowest BCUT2D eigenvalue weighted by molar-refractivity contribution is 0.111. The average Bonchev–Trinajstić information content (AvgIpc) is 2.83. The smallest absolute Gasteiger partial charge is 0.153 e. The van der Waals surface area contributed by atoms with E-state index in [1.807, 2.05) is 43.3 Å². The van der Waals surface area contributed by atoms with Crippen LogP contribution < -0.4 is 4.74 Å². The van der Waals surface area contributed by atoms with Crippen LogP contribution in [0.15, 0.2) is 84.9 Å². The molecule has 0 unspecified atom stereocenters. The minimum Gasteiger partial charge on any atom is -0.488 e. The number of aldehydes is 1. The van der Waals surface area contributed by atoms with Crippen LogP contribution in [0.3, 0.4) is 0 Å². The van der Waals surface area contributed by atoms with Gasteiger partial charge in [0.15, 0.2) is 6.29 Å². The molecule has 3 heteroatoms. The second kappa shape index (κ2) is 10.6. The van der Waals surface area contributed by atoms with Gasteiger partial charge < -0.3 is 4.74 Å². The molecule has 2 nitrogen and oxygen atoms in total. The monoisotopic (exact) mass is 544 g/mol. The summed E-state index contributed by atoms with van der Waals surface area (Å²) in [6.07, 6.45) is 5.09. The van der Waals surface area contributed by atoms with E-state index in [4.69, 9.17) is 4.74 Å². The van der Waals surface area contributed by atoms with Crippen molar-refractivity contribution in [3.63, 3.8) is 0 Å². The van der Waals surface area contributed by atoms with Gasteiger partial charge >= 0.3 is 0 Å². The van der Waals surface area contributed by atoms with E-state index < -0.39 is 0 Å². The van der Waals surface area contributed by atoms with Crippen molar-refractivity contribution >= 4 is 41.0 Å². The van der Waals surface area contributed by atoms with Crippen LogP contribution in [-0.4, -0.2) is 6.29 Å². The fraction of sp³-hybridized carbons (Fsp3) is 0.100. The minimum atomic E-state index is 0.419. The first-order chi connectivity index (χ1) is 16.0. The van der Waals surface area contributed by atoms with Gasteiger partial charge in [-0.05, 0) is 99.6 Å². The lowest BCUT2D eigenvalue weighted by Crippen LogP contribution is -2.00. The SMILES string of the molecule is Cc1cc(C=O)c(OCc2cccc(I)c2)cc1/C=C/c1cccc(-c2ccccc2)c1C. The largest absolute Gasteiger partial charge is 0.488 e. The van der Waals surface area contributed by atoms with E-state index in [0.717, 1.165) is 32.1 Å². The predicted molar refractivity (Wildman–Crippen MR) is 146 cm³/mol. The summed E-state index contributed by atoms with van der Waals surface area (Å²) in [6.45, 7) is 4.59. The molecule has 0 aliphatic carbocycles. The van der Waals surface area contributed by atoms with Gasteiger partial charge in [-0.15, -0.1) is 0 Å². The fourth-order valence-corrected chi connectivity index (χ4v) is 4.46. The molecule has 4 aromatic carbocycles. The van der Waals surface area contributed by atoms with Crippen molar-refractivity contribution < 1.29 is 9.53 Å². The number of aryl methyl sites for hydroxylation is 1. The topological polar surface area (TPSA) is 26.3 Å². The molecule has 4 rings (SSSR count). The van der Waals surface area contributed by atoms with Crippen LogP contribution in [0, 0.1) is 17.4 Å². The molecule has 0 amide bonds. The van der Waals surface area contributed by atoms with Gasteiger partial charge in [0.25, 0.3) is 0 Å². The number of carbonyl (C=O) groups is 1. The molecule has 0 saturated heterocycles. The zero-order chi connectivity index (χ0) is 23.2. The molecule has 0 aliphatic rings. The minimum absolute atomic E-state index is 0.419. The summed E-state index contributed by atoms with van der Waals surface area (Å²) in [5.74, 6) is 0.601. The van der Waals surface area contributed by atoms with Crippen LogP contribution in [0.4, 0.5) is 0 Å². The zero-order valence-corrected chi connectivity index (χ0v) is 20.9. The highest BCUT2D eigenvalue weighted by Gasteiger charge is 2.09. The van der Waals surface area contributed by atoms with E-state index in [1.54, 1.807) is 0 Å². The summed E-state index contributed by atoms with van der Waals surface area (Å²) in [4.78, 5) is 11.7. The molecule has 4 aromatic rings. The molecule has 0 radical (unpaired) electrons. The van der Waals surface area contributed by atoms with E-state index in [1.165, 1.54) is 16.7 Å². The highest BCUT2D eigenvalue weighted by Crippen LogP contribution is 2.28. The van der Waals surface area contributed by atoms with Crippen molar-refractivity contribution in [1.82, 2.24) is 0 Å². The maximum absolute atomic E-state index is 11.7. The molecule has 33 heavy (non-hydrogen) atoms. The van der Waals surface area contributed by atoms with Gasteiger partial charge in [-0.25, -0.2) is 0 Å². The van der Waals surface area contributed by atoms with Crippen molar-refractivity contribution in [3.05, 3.63) is 122 Å². The highest BCUT2D eigenvalue weighted by molar-refractivity contribution is 14.1. The van der Waals surface area contributed by atoms with E-state index in [0.29, 0.717) is 17.9 Å². The molecule has 0 saturated carbocycles. The summed E-state index contributed by atoms with van der Waals surface area (Å²) in [5, 5.41) is 0. The van der Waals surface area contributed by atoms with Gasteiger partial charge in [-0.2, -0.15) is 0 Å². The standard InChI is InChI=1S/C30H25IO2/c1-21-16-27(19-32)30(33-20-23-8-6-12-28(31)17-23)18-26(21)15-14-24-11-7-13-29(22(24)2)25-9-4-3-5-10-25/h3-19H,20H2,1-2H3/b15-14+. The molecule has 0 spiro atoms. The lowest BCUT2D eigenvalue weighted by atomic mass is 9.95. The molecule has 0 aliphatic heterocycles. The number of halogens is 1. The van der Waals surface area contributed by atoms with Gasteiger partial charge in [-0.3, -0.25) is 4.79 Å². The van der Waals surface area contributed by atoms with Crippen LogP contribution in [0.25, 0.3) is 23.3 Å². The summed E-state index contributed by atoms with van der Waals surface area (Å²) in [5.41, 5.74) is 8.54. The van der Waals surface area contributed by atoms with Crippen LogP contribution in [0.2, 0.25) is 0 Å². The van der Waals surface area contributed by atoms with Crippen molar-refractivity contribution in [2.75, 3.05) is 0 Å². The van der Waals surface area contributed by atoms with E-state index in [9.17, 15) is 4.79 Å². The van der Waals surface area contributed by atoms with Crippen molar-refractivity contribution in [2.45, 2.75) is 20.5 Å². The Kier molecular flexibility index (Phi) is 7.40. The van der Waals surface area contributed by atoms with Gasteiger partial charge in [-0.1, -0.05) is 72.8 Å². The maximum atomic E-state index is 11.7. The number of ether oxygens (including phenoxy) is 1. The molecule has 0 atom stereocenters. The molecule has 0 N–H and O–H groups in total. The summed E-state index contributed by atoms with van der Waals surface area (Å²) in [6, 6.07) is 28.8. The Balaban J connectivity index is 1.62. The molecular weight excluding hydrogens is 519 g/mol. The molecule has 0 fully saturated rings. The predicted octanol–water partition coefficient (Wildman–Crippen LogP) is 8.14. The van der Waals surface area contributed by atoms with E-state index in [-0.39, 0.29) is 0 Å². The average molecular weight is 544 g/mol. The molecular formula is C30H25IO2. The highest BCUT2D eigenvalue weighted by atomic mass is 127. The Bertz CT molecular complexity index is 1310. The van der Waals surface area contributed by atoms with E-state index in [2.05, 4.69) is 90.2 Å². The van der Waals surface area contributed by atoms with Crippen LogP contribution in [0.5, 0.6) is 5.75 Å². The third kappa shape index (κ3) is 5.60. The van der Waals surface area contributed by atoms with Gasteiger partial charge in [0.2, 0.25) is 0 Å². The van der Waals surface area contributed by atoms with Gasteiger partial charge in [0.1, 0.15) is 12.4 Å². The third-order valence-corrected chi connectivity index (χ3v) is 6.38. The number of hydrogen-bond donors (Lipinski definition) is 0. The number of carbonyl (C=O) groups excluding carboxylic acids is 1. The van der Waals surface area contributed by atoms with Crippen molar-refractivity contribution in [2.24, 2.45) is 0 Å². The quantitative estimate of drug-likeness (QED) is 0.133. The van der Waals surface area contributed by atoms with Gasteiger partial charge in [0, 0.05) is 3.57 Å². The van der Waals surface area contributed by atoms with Crippen molar-refractivity contribution in [1.29, 1.82) is 0 Å². The Morgan fingerprint density at radius 1 is 0.788 bits per heavy atom. The normalized spacial score (nSPS) is 11.0. The molecule has 0 bridgehead atoms. The second-order valence-corrected chi connectivity index (χ2v) is 9.25. The maximum Gasteiger partial charge on any atom is 0.153 e. The molecule has 164 valence electrons. The molecule has 0 heterocycles. The first-order valence-corrected chi connectivity index (χ1v) is 11.9. The van der Waals surface area contributed by atoms with Crippen LogP contribution in [0.1, 0.15) is 38.2 Å². The molecule has 0 aromatic heterocycles. The summed E-state index contributed by atoms with van der Waals surface area (Å²) in [7, 11) is 0. The zero-order valence-electron chi connectivity index (χ0n) is 18.7. The van der Waals surface area contributed by atoms with Crippen molar-refractivity contribution in [3.8, 4) is 16.9 Å². The third-order valence-electron chi connectivity index (χ3n) is 5.71. The first-order valence-electron chi connectivity index (χ1n) is 10.9. The summed E-state index contributed by atoms with van der Waals surface area (Å²) >= 11 is 2.29. The van der Waals surface area contributed by atoms with Crippen LogP contribution in [-0.2, 0) is 6.61 Å². The van der Waals surface area contributed by atoms with Crippen LogP contribution >= 0.6 is 22.6 Å². The first kappa shape index (κ1) is 23.0. The fourth-order valence-electron chi connectivity index (χ4n) is 3.85. The Hall–Kier alpha value is -3.18. The Labute approximate surface area is 209 Å².